The summed E-state index contributed by atoms with van der Waals surface area (Å²) in [6, 6.07) is 9.41. The quantitative estimate of drug-likeness (QED) is 0.788. The summed E-state index contributed by atoms with van der Waals surface area (Å²) in [5.74, 6) is -0.555. The van der Waals surface area contributed by atoms with Crippen molar-refractivity contribution in [3.05, 3.63) is 54.6 Å². The predicted octanol–water partition coefficient (Wildman–Crippen LogP) is 0.814. The lowest BCUT2D eigenvalue weighted by atomic mass is 10.1. The van der Waals surface area contributed by atoms with Gasteiger partial charge in [-0.2, -0.15) is 0 Å². The van der Waals surface area contributed by atoms with Gasteiger partial charge in [0, 0.05) is 57.2 Å². The van der Waals surface area contributed by atoms with Gasteiger partial charge in [0.05, 0.1) is 12.1 Å². The molecule has 0 spiro atoms. The first-order valence-corrected chi connectivity index (χ1v) is 9.33. The average molecular weight is 379 g/mol. The molecule has 28 heavy (non-hydrogen) atoms. The molecular formula is C20H21N5O3. The zero-order chi connectivity index (χ0) is 19.5. The number of nitrogens with zero attached hydrogens (tertiary/aromatic N) is 5. The van der Waals surface area contributed by atoms with Crippen LogP contribution in [0.15, 0.2) is 48.9 Å². The van der Waals surface area contributed by atoms with Gasteiger partial charge in [0.25, 0.3) is 5.91 Å². The van der Waals surface area contributed by atoms with Crippen molar-refractivity contribution in [1.29, 1.82) is 0 Å². The largest absolute Gasteiger partial charge is 0.339 e. The minimum atomic E-state index is -0.338. The van der Waals surface area contributed by atoms with E-state index in [1.54, 1.807) is 14.7 Å². The highest BCUT2D eigenvalue weighted by Crippen LogP contribution is 2.26. The maximum atomic E-state index is 12.9. The number of hydrogen-bond donors (Lipinski definition) is 0. The Balaban J connectivity index is 1.34. The fraction of sp³-hybridized carbons (Fsp3) is 0.350. The van der Waals surface area contributed by atoms with Crippen LogP contribution in [0, 0.1) is 5.92 Å². The summed E-state index contributed by atoms with van der Waals surface area (Å²) in [7, 11) is 0. The van der Waals surface area contributed by atoms with Gasteiger partial charge >= 0.3 is 0 Å². The van der Waals surface area contributed by atoms with Crippen LogP contribution in [-0.4, -0.2) is 70.2 Å². The van der Waals surface area contributed by atoms with Gasteiger partial charge in [-0.25, -0.2) is 4.98 Å². The van der Waals surface area contributed by atoms with E-state index < -0.39 is 0 Å². The van der Waals surface area contributed by atoms with Gasteiger partial charge in [-0.3, -0.25) is 19.4 Å². The molecule has 2 fully saturated rings. The standard InChI is InChI=1S/C20H21N5O3/c26-18-12-15(14-25(18)16-4-2-1-3-5-16)19(27)23-8-10-24(11-9-23)20(28)17-13-21-6-7-22-17/h1-7,13,15H,8-12,14H2. The lowest BCUT2D eigenvalue weighted by molar-refractivity contribution is -0.137. The number of piperazine rings is 1. The maximum Gasteiger partial charge on any atom is 0.274 e. The van der Waals surface area contributed by atoms with Crippen LogP contribution in [0.4, 0.5) is 5.69 Å². The Hall–Kier alpha value is -3.29. The topological polar surface area (TPSA) is 86.7 Å². The van der Waals surface area contributed by atoms with Gasteiger partial charge in [0.1, 0.15) is 5.69 Å². The first kappa shape index (κ1) is 18.1. The number of para-hydroxylation sites is 1. The summed E-state index contributed by atoms with van der Waals surface area (Å²) in [5.41, 5.74) is 1.13. The third-order valence-electron chi connectivity index (χ3n) is 5.20. The second-order valence-corrected chi connectivity index (χ2v) is 6.95. The van der Waals surface area contributed by atoms with Gasteiger partial charge in [-0.05, 0) is 12.1 Å². The summed E-state index contributed by atoms with van der Waals surface area (Å²) in [5, 5.41) is 0. The normalized spacial score (nSPS) is 19.8. The van der Waals surface area contributed by atoms with Gasteiger partial charge in [-0.1, -0.05) is 18.2 Å². The molecule has 2 saturated heterocycles. The van der Waals surface area contributed by atoms with E-state index in [-0.39, 0.29) is 30.1 Å². The second kappa shape index (κ2) is 7.75. The molecule has 3 heterocycles. The smallest absolute Gasteiger partial charge is 0.274 e. The zero-order valence-electron chi connectivity index (χ0n) is 15.4. The molecule has 1 atom stereocenters. The van der Waals surface area contributed by atoms with Crippen molar-refractivity contribution in [2.75, 3.05) is 37.6 Å². The molecule has 2 aliphatic rings. The van der Waals surface area contributed by atoms with Crippen molar-refractivity contribution in [3.63, 3.8) is 0 Å². The van der Waals surface area contributed by atoms with Crippen LogP contribution in [-0.2, 0) is 9.59 Å². The molecule has 1 unspecified atom stereocenters. The van der Waals surface area contributed by atoms with E-state index in [9.17, 15) is 14.4 Å². The number of benzene rings is 1. The molecule has 8 nitrogen and oxygen atoms in total. The van der Waals surface area contributed by atoms with Crippen molar-refractivity contribution < 1.29 is 14.4 Å². The Morgan fingerprint density at radius 3 is 2.36 bits per heavy atom. The number of hydrogen-bond acceptors (Lipinski definition) is 5. The monoisotopic (exact) mass is 379 g/mol. The Morgan fingerprint density at radius 2 is 1.68 bits per heavy atom. The van der Waals surface area contributed by atoms with Crippen LogP contribution in [0.25, 0.3) is 0 Å². The SMILES string of the molecule is O=C(c1cnccn1)N1CCN(C(=O)C2CC(=O)N(c3ccccc3)C2)CC1. The maximum absolute atomic E-state index is 12.9. The Bertz CT molecular complexity index is 866. The van der Waals surface area contributed by atoms with E-state index in [2.05, 4.69) is 9.97 Å². The number of rotatable bonds is 3. The Labute approximate surface area is 162 Å². The number of aromatic nitrogens is 2. The van der Waals surface area contributed by atoms with Crippen molar-refractivity contribution in [1.82, 2.24) is 19.8 Å². The van der Waals surface area contributed by atoms with Crippen molar-refractivity contribution >= 4 is 23.4 Å². The first-order chi connectivity index (χ1) is 13.6. The fourth-order valence-electron chi connectivity index (χ4n) is 3.69. The molecule has 0 saturated carbocycles. The van der Waals surface area contributed by atoms with Crippen LogP contribution >= 0.6 is 0 Å². The highest BCUT2D eigenvalue weighted by atomic mass is 16.2. The summed E-state index contributed by atoms with van der Waals surface area (Å²) in [4.78, 5) is 50.8. The van der Waals surface area contributed by atoms with E-state index in [1.165, 1.54) is 18.6 Å². The lowest BCUT2D eigenvalue weighted by Crippen LogP contribution is -2.52. The van der Waals surface area contributed by atoms with Crippen molar-refractivity contribution in [2.45, 2.75) is 6.42 Å². The molecular weight excluding hydrogens is 358 g/mol. The number of carbonyl (C=O) groups is 3. The van der Waals surface area contributed by atoms with E-state index in [4.69, 9.17) is 0 Å². The molecule has 4 rings (SSSR count). The Morgan fingerprint density at radius 1 is 0.964 bits per heavy atom. The number of amides is 3. The molecule has 0 aliphatic carbocycles. The van der Waals surface area contributed by atoms with E-state index >= 15 is 0 Å². The van der Waals surface area contributed by atoms with Gasteiger partial charge in [-0.15, -0.1) is 0 Å². The van der Waals surface area contributed by atoms with Gasteiger partial charge in [0.15, 0.2) is 0 Å². The Kier molecular flexibility index (Phi) is 5.01. The van der Waals surface area contributed by atoms with E-state index in [1.807, 2.05) is 30.3 Å². The van der Waals surface area contributed by atoms with Gasteiger partial charge in [0.2, 0.25) is 11.8 Å². The minimum Gasteiger partial charge on any atom is -0.339 e. The predicted molar refractivity (Wildman–Crippen MR) is 101 cm³/mol. The third kappa shape index (κ3) is 3.58. The van der Waals surface area contributed by atoms with Crippen LogP contribution in [0.2, 0.25) is 0 Å². The van der Waals surface area contributed by atoms with Gasteiger partial charge < -0.3 is 14.7 Å². The third-order valence-corrected chi connectivity index (χ3v) is 5.20. The molecule has 144 valence electrons. The van der Waals surface area contributed by atoms with Crippen molar-refractivity contribution in [3.8, 4) is 0 Å². The van der Waals surface area contributed by atoms with Crippen molar-refractivity contribution in [2.24, 2.45) is 5.92 Å². The molecule has 0 bridgehead atoms. The molecule has 0 radical (unpaired) electrons. The van der Waals surface area contributed by atoms with Crippen LogP contribution in [0.3, 0.4) is 0 Å². The lowest BCUT2D eigenvalue weighted by Gasteiger charge is -2.35. The van der Waals surface area contributed by atoms with Crippen LogP contribution in [0.1, 0.15) is 16.9 Å². The van der Waals surface area contributed by atoms with Crippen LogP contribution < -0.4 is 4.90 Å². The molecule has 3 amide bonds. The second-order valence-electron chi connectivity index (χ2n) is 6.95. The highest BCUT2D eigenvalue weighted by Gasteiger charge is 2.38. The summed E-state index contributed by atoms with van der Waals surface area (Å²) in [6.45, 7) is 2.22. The molecule has 0 N–H and O–H groups in total. The highest BCUT2D eigenvalue weighted by molar-refractivity contribution is 6.00. The number of anilines is 1. The van der Waals surface area contributed by atoms with E-state index in [0.717, 1.165) is 5.69 Å². The van der Waals surface area contributed by atoms with Crippen LogP contribution in [0.5, 0.6) is 0 Å². The first-order valence-electron chi connectivity index (χ1n) is 9.33. The summed E-state index contributed by atoms with van der Waals surface area (Å²) in [6.07, 6.45) is 4.69. The molecule has 2 aromatic rings. The average Bonchev–Trinajstić information content (AvgIpc) is 3.15. The number of carbonyl (C=O) groups excluding carboxylic acids is 3. The summed E-state index contributed by atoms with van der Waals surface area (Å²) >= 11 is 0. The fourth-order valence-corrected chi connectivity index (χ4v) is 3.69. The molecule has 2 aliphatic heterocycles. The zero-order valence-corrected chi connectivity index (χ0v) is 15.4. The summed E-state index contributed by atoms with van der Waals surface area (Å²) < 4.78 is 0. The molecule has 1 aromatic heterocycles. The van der Waals surface area contributed by atoms with E-state index in [0.29, 0.717) is 38.4 Å². The molecule has 1 aromatic carbocycles. The molecule has 8 heteroatoms. The minimum absolute atomic E-state index is 0.0154.